The maximum Gasteiger partial charge on any atom is 0.115 e. The highest BCUT2D eigenvalue weighted by Crippen LogP contribution is 2.42. The first-order valence-corrected chi connectivity index (χ1v) is 11.3. The van der Waals surface area contributed by atoms with Crippen molar-refractivity contribution in [3.63, 3.8) is 0 Å². The second-order valence-corrected chi connectivity index (χ2v) is 8.57. The molecule has 0 atom stereocenters. The van der Waals surface area contributed by atoms with Crippen molar-refractivity contribution in [1.29, 1.82) is 0 Å². The lowest BCUT2D eigenvalue weighted by molar-refractivity contribution is 1.17. The van der Waals surface area contributed by atoms with Crippen LogP contribution in [0.4, 0.5) is 0 Å². The van der Waals surface area contributed by atoms with Gasteiger partial charge in [0.15, 0.2) is 0 Å². The molecular weight excluding hydrogens is 414 g/mol. The summed E-state index contributed by atoms with van der Waals surface area (Å²) in [4.78, 5) is 12.9. The fourth-order valence-electron chi connectivity index (χ4n) is 5.09. The molecule has 2 heterocycles. The van der Waals surface area contributed by atoms with Crippen LogP contribution < -0.4 is 0 Å². The van der Waals surface area contributed by atoms with Gasteiger partial charge in [0.25, 0.3) is 0 Å². The lowest BCUT2D eigenvalue weighted by atomic mass is 9.87. The minimum Gasteiger partial charge on any atom is -0.256 e. The largest absolute Gasteiger partial charge is 0.256 e. The highest BCUT2D eigenvalue weighted by atomic mass is 14.8. The summed E-state index contributed by atoms with van der Waals surface area (Å²) in [6.07, 6.45) is 7.10. The molecule has 0 aliphatic carbocycles. The Kier molecular flexibility index (Phi) is 4.15. The van der Waals surface area contributed by atoms with Crippen LogP contribution in [0.2, 0.25) is 0 Å². The van der Waals surface area contributed by atoms with Crippen molar-refractivity contribution in [1.82, 2.24) is 15.0 Å². The number of aromatic nitrogens is 3. The molecule has 3 nitrogen and oxygen atoms in total. The molecule has 0 aliphatic rings. The monoisotopic (exact) mass is 433 g/mol. The highest BCUT2D eigenvalue weighted by Gasteiger charge is 2.15. The van der Waals surface area contributed by atoms with Crippen LogP contribution in [-0.2, 0) is 0 Å². The van der Waals surface area contributed by atoms with E-state index in [0.717, 1.165) is 16.8 Å². The minimum atomic E-state index is 1.00. The van der Waals surface area contributed by atoms with E-state index in [1.54, 1.807) is 6.33 Å². The van der Waals surface area contributed by atoms with Crippen LogP contribution in [0.5, 0.6) is 0 Å². The molecule has 0 N–H and O–H groups in total. The summed E-state index contributed by atoms with van der Waals surface area (Å²) < 4.78 is 0. The molecule has 0 radical (unpaired) electrons. The Hall–Kier alpha value is -4.63. The van der Waals surface area contributed by atoms with E-state index in [2.05, 4.69) is 93.8 Å². The van der Waals surface area contributed by atoms with Crippen LogP contribution >= 0.6 is 0 Å². The van der Waals surface area contributed by atoms with Crippen LogP contribution in [0.3, 0.4) is 0 Å². The van der Waals surface area contributed by atoms with Gasteiger partial charge in [0.2, 0.25) is 0 Å². The van der Waals surface area contributed by atoms with E-state index < -0.39 is 0 Å². The lowest BCUT2D eigenvalue weighted by Crippen LogP contribution is -1.90. The molecule has 7 aromatic rings. The smallest absolute Gasteiger partial charge is 0.115 e. The van der Waals surface area contributed by atoms with Gasteiger partial charge >= 0.3 is 0 Å². The molecule has 0 saturated carbocycles. The van der Waals surface area contributed by atoms with Gasteiger partial charge < -0.3 is 0 Å². The zero-order valence-corrected chi connectivity index (χ0v) is 18.3. The molecule has 0 unspecified atom stereocenters. The van der Waals surface area contributed by atoms with E-state index in [1.807, 2.05) is 30.7 Å². The molecular formula is C31H19N3. The van der Waals surface area contributed by atoms with E-state index >= 15 is 0 Å². The summed E-state index contributed by atoms with van der Waals surface area (Å²) in [6, 6.07) is 32.6. The van der Waals surface area contributed by atoms with Crippen molar-refractivity contribution in [3.8, 4) is 33.5 Å². The Morgan fingerprint density at radius 2 is 1.09 bits per heavy atom. The number of benzene rings is 5. The first-order valence-electron chi connectivity index (χ1n) is 11.3. The van der Waals surface area contributed by atoms with E-state index in [9.17, 15) is 0 Å². The zero-order chi connectivity index (χ0) is 22.5. The van der Waals surface area contributed by atoms with E-state index in [4.69, 9.17) is 0 Å². The van der Waals surface area contributed by atoms with Gasteiger partial charge in [-0.1, -0.05) is 78.9 Å². The topological polar surface area (TPSA) is 38.7 Å². The molecule has 0 saturated heterocycles. The van der Waals surface area contributed by atoms with Gasteiger partial charge in [0.1, 0.15) is 6.33 Å². The van der Waals surface area contributed by atoms with Crippen molar-refractivity contribution in [2.45, 2.75) is 0 Å². The average molecular weight is 434 g/mol. The first-order chi connectivity index (χ1) is 16.9. The zero-order valence-electron chi connectivity index (χ0n) is 18.3. The van der Waals surface area contributed by atoms with Crippen LogP contribution in [0.1, 0.15) is 0 Å². The molecule has 3 heteroatoms. The maximum absolute atomic E-state index is 4.62. The van der Waals surface area contributed by atoms with Gasteiger partial charge in [0, 0.05) is 29.7 Å². The van der Waals surface area contributed by atoms with Crippen molar-refractivity contribution >= 4 is 32.3 Å². The summed E-state index contributed by atoms with van der Waals surface area (Å²) in [6.45, 7) is 0. The fraction of sp³-hybridized carbons (Fsp3) is 0. The molecule has 5 aromatic carbocycles. The van der Waals surface area contributed by atoms with Crippen LogP contribution in [0.15, 0.2) is 116 Å². The van der Waals surface area contributed by atoms with Crippen molar-refractivity contribution in [2.24, 2.45) is 0 Å². The summed E-state index contributed by atoms with van der Waals surface area (Å²) in [7, 11) is 0. The average Bonchev–Trinajstić information content (AvgIpc) is 2.92. The predicted octanol–water partition coefficient (Wildman–Crippen LogP) is 7.77. The molecule has 158 valence electrons. The van der Waals surface area contributed by atoms with E-state index in [0.29, 0.717) is 0 Å². The second kappa shape index (κ2) is 7.46. The SMILES string of the molecule is c1ccc(-c2ccc3ccc4ccc(-c5ccc(-c6cncnc6)cc5)c5ccc2c3c45)nc1. The van der Waals surface area contributed by atoms with Gasteiger partial charge in [-0.15, -0.1) is 0 Å². The predicted molar refractivity (Wildman–Crippen MR) is 140 cm³/mol. The van der Waals surface area contributed by atoms with E-state index in [1.165, 1.54) is 49.0 Å². The Morgan fingerprint density at radius 3 is 1.76 bits per heavy atom. The third-order valence-electron chi connectivity index (χ3n) is 6.70. The molecule has 0 amide bonds. The summed E-state index contributed by atoms with van der Waals surface area (Å²) >= 11 is 0. The third-order valence-corrected chi connectivity index (χ3v) is 6.70. The molecule has 2 aromatic heterocycles. The van der Waals surface area contributed by atoms with Gasteiger partial charge in [-0.2, -0.15) is 0 Å². The Labute approximate surface area is 196 Å². The van der Waals surface area contributed by atoms with Gasteiger partial charge in [-0.25, -0.2) is 9.97 Å². The number of hydrogen-bond acceptors (Lipinski definition) is 3. The highest BCUT2D eigenvalue weighted by molar-refractivity contribution is 6.27. The van der Waals surface area contributed by atoms with E-state index in [-0.39, 0.29) is 0 Å². The van der Waals surface area contributed by atoms with Crippen molar-refractivity contribution in [2.75, 3.05) is 0 Å². The quantitative estimate of drug-likeness (QED) is 0.267. The standard InChI is InChI=1S/C31H19N3/c1-2-16-34-29(3-1)26-13-11-23-9-8-22-10-12-25(27-14-15-28(26)31(23)30(22)27)21-6-4-20(5-7-21)24-17-32-19-33-18-24/h1-19H. The molecule has 0 bridgehead atoms. The Bertz CT molecular complexity index is 1770. The molecule has 7 rings (SSSR count). The van der Waals surface area contributed by atoms with Crippen molar-refractivity contribution in [3.05, 3.63) is 116 Å². The summed E-state index contributed by atoms with van der Waals surface area (Å²) in [5.74, 6) is 0. The summed E-state index contributed by atoms with van der Waals surface area (Å²) in [5, 5.41) is 7.64. The maximum atomic E-state index is 4.62. The minimum absolute atomic E-state index is 1.00. The molecule has 0 fully saturated rings. The molecule has 0 spiro atoms. The Morgan fingerprint density at radius 1 is 0.471 bits per heavy atom. The lowest BCUT2D eigenvalue weighted by Gasteiger charge is -2.16. The van der Waals surface area contributed by atoms with Crippen LogP contribution in [-0.4, -0.2) is 15.0 Å². The number of rotatable bonds is 3. The summed E-state index contributed by atoms with van der Waals surface area (Å²) in [5.41, 5.74) is 6.74. The second-order valence-electron chi connectivity index (χ2n) is 8.57. The number of pyridine rings is 1. The first kappa shape index (κ1) is 18.9. The Balaban J connectivity index is 1.46. The van der Waals surface area contributed by atoms with Crippen molar-refractivity contribution < 1.29 is 0 Å². The fourth-order valence-corrected chi connectivity index (χ4v) is 5.09. The third kappa shape index (κ3) is 2.87. The molecule has 34 heavy (non-hydrogen) atoms. The molecule has 0 aliphatic heterocycles. The number of nitrogens with zero attached hydrogens (tertiary/aromatic N) is 3. The number of hydrogen-bond donors (Lipinski definition) is 0. The van der Waals surface area contributed by atoms with Crippen LogP contribution in [0, 0.1) is 0 Å². The van der Waals surface area contributed by atoms with Crippen LogP contribution in [0.25, 0.3) is 65.8 Å². The van der Waals surface area contributed by atoms with Gasteiger partial charge in [-0.3, -0.25) is 4.98 Å². The van der Waals surface area contributed by atoms with Gasteiger partial charge in [-0.05, 0) is 61.1 Å². The normalized spacial score (nSPS) is 11.5. The van der Waals surface area contributed by atoms with Gasteiger partial charge in [0.05, 0.1) is 5.69 Å².